The topological polar surface area (TPSA) is 37.3 Å². The molecule has 0 saturated heterocycles. The van der Waals surface area contributed by atoms with E-state index in [1.54, 1.807) is 0 Å². The maximum atomic E-state index is 10.5. The van der Waals surface area contributed by atoms with Crippen molar-refractivity contribution < 1.29 is 9.90 Å². The summed E-state index contributed by atoms with van der Waals surface area (Å²) in [4.78, 5) is 10.5. The third kappa shape index (κ3) is 24.4. The molecule has 0 aliphatic carbocycles. The van der Waals surface area contributed by atoms with E-state index in [9.17, 15) is 4.79 Å². The van der Waals surface area contributed by atoms with Crippen molar-refractivity contribution in [3.05, 3.63) is 76.9 Å². The summed E-state index contributed by atoms with van der Waals surface area (Å²) in [5, 5.41) is 8.62. The van der Waals surface area contributed by atoms with Crippen LogP contribution in [0, 0.1) is 12.8 Å². The third-order valence-corrected chi connectivity index (χ3v) is 7.32. The Kier molecular flexibility index (Phi) is 35.1. The van der Waals surface area contributed by atoms with E-state index in [2.05, 4.69) is 71.9 Å². The van der Waals surface area contributed by atoms with Gasteiger partial charge in [-0.1, -0.05) is 161 Å². The van der Waals surface area contributed by atoms with Gasteiger partial charge < -0.3 is 5.11 Å². The quantitative estimate of drug-likeness (QED) is 0.149. The molecule has 0 spiro atoms. The number of unbranched alkanes of at least 4 members (excludes halogenated alkanes) is 6. The first kappa shape index (κ1) is 44.3. The van der Waals surface area contributed by atoms with Gasteiger partial charge in [-0.05, 0) is 74.1 Å². The minimum absolute atomic E-state index is 0. The molecule has 2 aromatic carbocycles. The summed E-state index contributed by atoms with van der Waals surface area (Å²) in [7, 11) is 0. The fraction of sp³-hybridized carbons (Fsp3) is 0.625. The van der Waals surface area contributed by atoms with Crippen molar-refractivity contribution >= 4 is 11.9 Å². The highest BCUT2D eigenvalue weighted by Gasteiger charge is 2.04. The molecule has 0 bridgehead atoms. The molecular formula is C40H70O2. The average molecular weight is 583 g/mol. The molecule has 0 saturated carbocycles. The molecule has 0 heterocycles. The van der Waals surface area contributed by atoms with Crippen molar-refractivity contribution in [3.63, 3.8) is 0 Å². The number of hydrogen-bond acceptors (Lipinski definition) is 2. The second-order valence-corrected chi connectivity index (χ2v) is 10.8. The lowest BCUT2D eigenvalue weighted by Gasteiger charge is -2.12. The normalized spacial score (nSPS) is 10.9. The van der Waals surface area contributed by atoms with Gasteiger partial charge in [0.05, 0.1) is 0 Å². The van der Waals surface area contributed by atoms with Crippen LogP contribution < -0.4 is 0 Å². The first-order valence-corrected chi connectivity index (χ1v) is 16.8. The molecule has 2 nitrogen and oxygen atoms in total. The van der Waals surface area contributed by atoms with Crippen molar-refractivity contribution in [2.24, 2.45) is 5.92 Å². The zero-order chi connectivity index (χ0) is 31.1. The van der Waals surface area contributed by atoms with E-state index in [4.69, 9.17) is 5.11 Å². The van der Waals surface area contributed by atoms with Crippen LogP contribution in [-0.4, -0.2) is 18.0 Å². The number of hydrogen-bond donors (Lipinski definition) is 1. The van der Waals surface area contributed by atoms with Crippen molar-refractivity contribution in [2.75, 3.05) is 6.61 Å². The van der Waals surface area contributed by atoms with E-state index in [-0.39, 0.29) is 7.43 Å². The van der Waals surface area contributed by atoms with Gasteiger partial charge >= 0.3 is 0 Å². The highest BCUT2D eigenvalue weighted by atomic mass is 16.2. The molecule has 0 amide bonds. The van der Waals surface area contributed by atoms with Crippen molar-refractivity contribution in [1.29, 1.82) is 0 Å². The number of rotatable bonds is 17. The summed E-state index contributed by atoms with van der Waals surface area (Å²) >= 11 is 0. The van der Waals surface area contributed by atoms with Gasteiger partial charge in [0.25, 0.3) is 0 Å². The predicted octanol–water partition coefficient (Wildman–Crippen LogP) is 12.8. The summed E-state index contributed by atoms with van der Waals surface area (Å²) in [6.45, 7) is 17.8. The molecule has 2 aromatic rings. The molecule has 1 atom stereocenters. The molecule has 0 fully saturated rings. The largest absolute Gasteiger partial charge is 0.396 e. The first-order chi connectivity index (χ1) is 20.0. The lowest BCUT2D eigenvalue weighted by atomic mass is 9.94. The van der Waals surface area contributed by atoms with E-state index in [1.807, 2.05) is 38.1 Å². The van der Waals surface area contributed by atoms with E-state index in [0.29, 0.717) is 6.61 Å². The van der Waals surface area contributed by atoms with E-state index in [1.165, 1.54) is 92.9 Å². The maximum Gasteiger partial charge on any atom is 0.150 e. The van der Waals surface area contributed by atoms with E-state index >= 15 is 0 Å². The van der Waals surface area contributed by atoms with Crippen LogP contribution in [0.15, 0.2) is 54.6 Å². The summed E-state index contributed by atoms with van der Waals surface area (Å²) in [5.74, 6) is 0.913. The van der Waals surface area contributed by atoms with E-state index in [0.717, 1.165) is 37.0 Å². The monoisotopic (exact) mass is 583 g/mol. The average Bonchev–Trinajstić information content (AvgIpc) is 3.01. The molecule has 0 aliphatic heterocycles. The molecule has 242 valence electrons. The Labute approximate surface area is 263 Å². The second-order valence-electron chi connectivity index (χ2n) is 10.8. The molecule has 1 N–H and O–H groups in total. The standard InChI is InChI=1S/C18H28.C14H20O2.C5H12.C2H6.CH4/c1-5-10-17(6-2)13-9-12-16(4)18-14-8-7-11-15(18)3;15-11-5-3-1-2-4-6-13-7-9-14(12-16)10-8-13;1-3-5-4-2;1-2;/h7-8,11-12,14,17H,5-6,9-10,13H2,1-4H3;7-10,12,15H,1-6,11H2;3-5H2,1-2H3;1-2H3;1H4/b16-12-;;;;. The lowest BCUT2D eigenvalue weighted by Crippen LogP contribution is -1.97. The number of carbonyl (C=O) groups excluding carboxylic acids is 1. The van der Waals surface area contributed by atoms with Crippen molar-refractivity contribution in [2.45, 2.75) is 153 Å². The molecule has 0 radical (unpaired) electrons. The summed E-state index contributed by atoms with van der Waals surface area (Å²) in [5.41, 5.74) is 6.26. The van der Waals surface area contributed by atoms with Crippen LogP contribution in [0.5, 0.6) is 0 Å². The third-order valence-electron chi connectivity index (χ3n) is 7.32. The number of aliphatic hydroxyl groups excluding tert-OH is 1. The van der Waals surface area contributed by atoms with Gasteiger partial charge in [0, 0.05) is 12.2 Å². The molecule has 1 unspecified atom stereocenters. The Morgan fingerprint density at radius 3 is 1.88 bits per heavy atom. The summed E-state index contributed by atoms with van der Waals surface area (Å²) in [6.07, 6.45) is 20.7. The van der Waals surface area contributed by atoms with Crippen LogP contribution in [-0.2, 0) is 6.42 Å². The molecule has 2 rings (SSSR count). The highest BCUT2D eigenvalue weighted by Crippen LogP contribution is 2.22. The number of aryl methyl sites for hydroxylation is 2. The van der Waals surface area contributed by atoms with Gasteiger partial charge in [0.1, 0.15) is 6.29 Å². The second kappa shape index (κ2) is 33.3. The highest BCUT2D eigenvalue weighted by molar-refractivity contribution is 5.74. The van der Waals surface area contributed by atoms with Crippen LogP contribution in [0.3, 0.4) is 0 Å². The van der Waals surface area contributed by atoms with Crippen LogP contribution in [0.4, 0.5) is 0 Å². The Bertz CT molecular complexity index is 848. The van der Waals surface area contributed by atoms with Gasteiger partial charge in [0.15, 0.2) is 0 Å². The van der Waals surface area contributed by atoms with Crippen LogP contribution >= 0.6 is 0 Å². The lowest BCUT2D eigenvalue weighted by molar-refractivity contribution is 0.112. The van der Waals surface area contributed by atoms with Gasteiger partial charge in [-0.25, -0.2) is 0 Å². The van der Waals surface area contributed by atoms with Crippen LogP contribution in [0.1, 0.15) is 166 Å². The molecule has 2 heteroatoms. The number of carbonyl (C=O) groups is 1. The summed E-state index contributed by atoms with van der Waals surface area (Å²) < 4.78 is 0. The van der Waals surface area contributed by atoms with Gasteiger partial charge in [0.2, 0.25) is 0 Å². The Morgan fingerprint density at radius 2 is 1.38 bits per heavy atom. The van der Waals surface area contributed by atoms with Crippen LogP contribution in [0.25, 0.3) is 5.57 Å². The molecule has 0 aromatic heterocycles. The number of benzene rings is 2. The van der Waals surface area contributed by atoms with Crippen molar-refractivity contribution in [1.82, 2.24) is 0 Å². The fourth-order valence-electron chi connectivity index (χ4n) is 4.71. The van der Waals surface area contributed by atoms with Gasteiger partial charge in [-0.15, -0.1) is 0 Å². The zero-order valence-electron chi connectivity index (χ0n) is 28.3. The first-order valence-electron chi connectivity index (χ1n) is 16.8. The Balaban J connectivity index is -0.000000584. The molecular weight excluding hydrogens is 512 g/mol. The Morgan fingerprint density at radius 1 is 0.786 bits per heavy atom. The molecule has 0 aliphatic rings. The number of aldehydes is 1. The van der Waals surface area contributed by atoms with Gasteiger partial charge in [-0.2, -0.15) is 0 Å². The fourth-order valence-corrected chi connectivity index (χ4v) is 4.71. The van der Waals surface area contributed by atoms with Gasteiger partial charge in [-0.3, -0.25) is 4.79 Å². The number of allylic oxidation sites excluding steroid dienone is 2. The minimum atomic E-state index is 0. The smallest absolute Gasteiger partial charge is 0.150 e. The maximum absolute atomic E-state index is 10.5. The van der Waals surface area contributed by atoms with E-state index < -0.39 is 0 Å². The zero-order valence-corrected chi connectivity index (χ0v) is 28.3. The van der Waals surface area contributed by atoms with Crippen LogP contribution in [0.2, 0.25) is 0 Å². The SMILES string of the molecule is C.CC.CCCC(CC)CC/C=C(/C)c1ccccc1C.CCCCC.O=Cc1ccc(CCCCCCCO)cc1. The molecule has 42 heavy (non-hydrogen) atoms. The Hall–Kier alpha value is -2.19. The number of aliphatic hydroxyl groups is 1. The minimum Gasteiger partial charge on any atom is -0.396 e. The van der Waals surface area contributed by atoms with Crippen molar-refractivity contribution in [3.8, 4) is 0 Å². The summed E-state index contributed by atoms with van der Waals surface area (Å²) in [6, 6.07) is 16.5. The predicted molar refractivity (Wildman–Crippen MR) is 192 cm³/mol.